The van der Waals surface area contributed by atoms with Crippen LogP contribution in [-0.4, -0.2) is 21.0 Å². The van der Waals surface area contributed by atoms with Gasteiger partial charge in [-0.1, -0.05) is 23.7 Å². The molecule has 0 atom stereocenters. The zero-order valence-electron chi connectivity index (χ0n) is 9.95. The first-order valence-electron chi connectivity index (χ1n) is 5.59. The highest BCUT2D eigenvalue weighted by Crippen LogP contribution is 2.23. The topological polar surface area (TPSA) is 52.3 Å². The smallest absolute Gasteiger partial charge is 0.161 e. The number of halogens is 1. The van der Waals surface area contributed by atoms with E-state index in [-0.39, 0.29) is 0 Å². The minimum atomic E-state index is 0.523. The molecule has 0 fully saturated rings. The summed E-state index contributed by atoms with van der Waals surface area (Å²) in [6, 6.07) is 5.47. The van der Waals surface area contributed by atoms with Crippen LogP contribution in [-0.2, 0) is 13.0 Å². The predicted octanol–water partition coefficient (Wildman–Crippen LogP) is 2.56. The lowest BCUT2D eigenvalue weighted by Crippen LogP contribution is -2.00. The van der Waals surface area contributed by atoms with Crippen molar-refractivity contribution in [1.82, 2.24) is 14.8 Å². The SMILES string of the molecule is CCc1cc(Cl)ccc1O/N=C/Cn1cncn1. The molecule has 0 aliphatic heterocycles. The molecule has 2 aromatic rings. The van der Waals surface area contributed by atoms with Crippen LogP contribution in [0.5, 0.6) is 5.75 Å². The van der Waals surface area contributed by atoms with Crippen molar-refractivity contribution in [1.29, 1.82) is 0 Å². The average Bonchev–Trinajstić information content (AvgIpc) is 2.89. The molecular formula is C12H13ClN4O. The maximum atomic E-state index is 5.91. The van der Waals surface area contributed by atoms with Crippen LogP contribution >= 0.6 is 11.6 Å². The number of rotatable bonds is 5. The fourth-order valence-corrected chi connectivity index (χ4v) is 1.65. The largest absolute Gasteiger partial charge is 0.357 e. The van der Waals surface area contributed by atoms with Gasteiger partial charge in [0.1, 0.15) is 12.7 Å². The molecule has 1 aromatic carbocycles. The van der Waals surface area contributed by atoms with E-state index < -0.39 is 0 Å². The lowest BCUT2D eigenvalue weighted by molar-refractivity contribution is 0.338. The molecule has 0 aliphatic rings. The van der Waals surface area contributed by atoms with Crippen LogP contribution in [0.25, 0.3) is 0 Å². The standard InChI is InChI=1S/C12H13ClN4O/c1-2-10-7-11(13)3-4-12(10)18-16-5-6-17-9-14-8-15-17/h3-5,7-9H,2,6H2,1H3/b16-5+. The Kier molecular flexibility index (Phi) is 4.30. The Morgan fingerprint density at radius 2 is 2.39 bits per heavy atom. The number of hydrogen-bond donors (Lipinski definition) is 0. The monoisotopic (exact) mass is 264 g/mol. The zero-order valence-corrected chi connectivity index (χ0v) is 10.7. The van der Waals surface area contributed by atoms with Crippen molar-refractivity contribution in [3.8, 4) is 5.75 Å². The third-order valence-corrected chi connectivity index (χ3v) is 2.60. The summed E-state index contributed by atoms with van der Waals surface area (Å²) in [6.07, 6.45) is 5.56. The quantitative estimate of drug-likeness (QED) is 0.616. The summed E-state index contributed by atoms with van der Waals surface area (Å²) in [4.78, 5) is 9.16. The maximum absolute atomic E-state index is 5.91. The molecule has 94 valence electrons. The van der Waals surface area contributed by atoms with E-state index in [1.54, 1.807) is 23.3 Å². The highest BCUT2D eigenvalue weighted by atomic mass is 35.5. The van der Waals surface area contributed by atoms with E-state index >= 15 is 0 Å². The lowest BCUT2D eigenvalue weighted by Gasteiger charge is -2.05. The molecule has 1 heterocycles. The van der Waals surface area contributed by atoms with Gasteiger partial charge in [-0.2, -0.15) is 5.10 Å². The molecule has 1 aromatic heterocycles. The van der Waals surface area contributed by atoms with Crippen molar-refractivity contribution in [3.63, 3.8) is 0 Å². The molecule has 5 nitrogen and oxygen atoms in total. The molecule has 0 radical (unpaired) electrons. The Bertz CT molecular complexity index is 525. The molecule has 0 unspecified atom stereocenters. The molecule has 0 bridgehead atoms. The van der Waals surface area contributed by atoms with Crippen LogP contribution in [0.2, 0.25) is 5.02 Å². The molecule has 0 spiro atoms. The van der Waals surface area contributed by atoms with E-state index in [0.717, 1.165) is 17.7 Å². The molecule has 0 N–H and O–H groups in total. The average molecular weight is 265 g/mol. The van der Waals surface area contributed by atoms with Crippen molar-refractivity contribution >= 4 is 17.8 Å². The van der Waals surface area contributed by atoms with Gasteiger partial charge < -0.3 is 4.84 Å². The van der Waals surface area contributed by atoms with Crippen LogP contribution in [0.15, 0.2) is 36.0 Å². The van der Waals surface area contributed by atoms with Crippen LogP contribution in [0.3, 0.4) is 0 Å². The minimum Gasteiger partial charge on any atom is -0.357 e. The van der Waals surface area contributed by atoms with Crippen molar-refractivity contribution in [2.24, 2.45) is 5.16 Å². The molecule has 2 rings (SSSR count). The molecule has 6 heteroatoms. The fraction of sp³-hybridized carbons (Fsp3) is 0.250. The Hall–Kier alpha value is -1.88. The molecular weight excluding hydrogens is 252 g/mol. The van der Waals surface area contributed by atoms with E-state index in [4.69, 9.17) is 16.4 Å². The predicted molar refractivity (Wildman–Crippen MR) is 70.0 cm³/mol. The number of oxime groups is 1. The Labute approximate surface area is 110 Å². The van der Waals surface area contributed by atoms with Crippen LogP contribution in [0.1, 0.15) is 12.5 Å². The van der Waals surface area contributed by atoms with Crippen LogP contribution in [0, 0.1) is 0 Å². The van der Waals surface area contributed by atoms with Gasteiger partial charge in [-0.3, -0.25) is 0 Å². The van der Waals surface area contributed by atoms with Gasteiger partial charge in [0.15, 0.2) is 5.75 Å². The second-order valence-corrected chi connectivity index (χ2v) is 4.04. The Morgan fingerprint density at radius 3 is 3.11 bits per heavy atom. The maximum Gasteiger partial charge on any atom is 0.161 e. The zero-order chi connectivity index (χ0) is 12.8. The summed E-state index contributed by atoms with van der Waals surface area (Å²) in [5.41, 5.74) is 1.03. The first-order valence-corrected chi connectivity index (χ1v) is 5.97. The van der Waals surface area contributed by atoms with Crippen LogP contribution < -0.4 is 4.84 Å². The van der Waals surface area contributed by atoms with Gasteiger partial charge in [-0.15, -0.1) is 0 Å². The second-order valence-electron chi connectivity index (χ2n) is 3.60. The molecule has 0 saturated carbocycles. The number of hydrogen-bond acceptors (Lipinski definition) is 4. The van der Waals surface area contributed by atoms with E-state index in [2.05, 4.69) is 15.2 Å². The Morgan fingerprint density at radius 1 is 1.50 bits per heavy atom. The molecule has 0 aliphatic carbocycles. The van der Waals surface area contributed by atoms with Crippen molar-refractivity contribution in [2.75, 3.05) is 0 Å². The summed E-state index contributed by atoms with van der Waals surface area (Å²) < 4.78 is 1.65. The number of aryl methyl sites for hydroxylation is 1. The van der Waals surface area contributed by atoms with E-state index in [1.165, 1.54) is 6.33 Å². The van der Waals surface area contributed by atoms with E-state index in [0.29, 0.717) is 11.6 Å². The van der Waals surface area contributed by atoms with Gasteiger partial charge in [0, 0.05) is 5.02 Å². The third kappa shape index (κ3) is 3.30. The van der Waals surface area contributed by atoms with Gasteiger partial charge in [-0.25, -0.2) is 9.67 Å². The lowest BCUT2D eigenvalue weighted by atomic mass is 10.1. The van der Waals surface area contributed by atoms with Crippen molar-refractivity contribution in [2.45, 2.75) is 19.9 Å². The minimum absolute atomic E-state index is 0.523. The summed E-state index contributed by atoms with van der Waals surface area (Å²) >= 11 is 5.91. The van der Waals surface area contributed by atoms with Crippen LogP contribution in [0.4, 0.5) is 0 Å². The van der Waals surface area contributed by atoms with E-state index in [9.17, 15) is 0 Å². The first kappa shape index (κ1) is 12.6. The first-order chi connectivity index (χ1) is 8.79. The normalized spacial score (nSPS) is 11.0. The summed E-state index contributed by atoms with van der Waals surface area (Å²) in [5, 5.41) is 8.55. The molecule has 0 amide bonds. The van der Waals surface area contributed by atoms with Crippen molar-refractivity contribution < 1.29 is 4.84 Å². The van der Waals surface area contributed by atoms with Gasteiger partial charge in [0.25, 0.3) is 0 Å². The fourth-order valence-electron chi connectivity index (χ4n) is 1.45. The van der Waals surface area contributed by atoms with Gasteiger partial charge >= 0.3 is 0 Å². The molecule has 18 heavy (non-hydrogen) atoms. The number of nitrogens with zero attached hydrogens (tertiary/aromatic N) is 4. The summed E-state index contributed by atoms with van der Waals surface area (Å²) in [7, 11) is 0. The van der Waals surface area contributed by atoms with Gasteiger partial charge in [-0.05, 0) is 30.2 Å². The van der Waals surface area contributed by atoms with Gasteiger partial charge in [0.2, 0.25) is 0 Å². The highest BCUT2D eigenvalue weighted by molar-refractivity contribution is 6.30. The van der Waals surface area contributed by atoms with Gasteiger partial charge in [0.05, 0.1) is 12.8 Å². The van der Waals surface area contributed by atoms with Crippen molar-refractivity contribution in [3.05, 3.63) is 41.4 Å². The number of benzene rings is 1. The molecule has 0 saturated heterocycles. The number of aromatic nitrogens is 3. The second kappa shape index (κ2) is 6.16. The van der Waals surface area contributed by atoms with E-state index in [1.807, 2.05) is 19.1 Å². The highest BCUT2D eigenvalue weighted by Gasteiger charge is 2.02. The third-order valence-electron chi connectivity index (χ3n) is 2.36. The Balaban J connectivity index is 1.95. The summed E-state index contributed by atoms with van der Waals surface area (Å²) in [6.45, 7) is 2.56. The summed E-state index contributed by atoms with van der Waals surface area (Å²) in [5.74, 6) is 0.719.